The van der Waals surface area contributed by atoms with Crippen molar-refractivity contribution in [3.05, 3.63) is 75.0 Å². The van der Waals surface area contributed by atoms with E-state index in [0.29, 0.717) is 26.3 Å². The number of nitrogens with zero attached hydrogens (tertiary/aromatic N) is 5. The summed E-state index contributed by atoms with van der Waals surface area (Å²) in [5.41, 5.74) is 2.99. The van der Waals surface area contributed by atoms with E-state index in [4.69, 9.17) is 17.2 Å². The van der Waals surface area contributed by atoms with Crippen molar-refractivity contribution in [2.45, 2.75) is 33.2 Å². The molecular weight excluding hydrogens is 490 g/mol. The lowest BCUT2D eigenvalue weighted by Gasteiger charge is -2.37. The summed E-state index contributed by atoms with van der Waals surface area (Å²) >= 11 is 6.77. The van der Waals surface area contributed by atoms with E-state index in [2.05, 4.69) is 21.9 Å². The van der Waals surface area contributed by atoms with Crippen molar-refractivity contribution in [3.8, 4) is 0 Å². The number of amides is 1. The van der Waals surface area contributed by atoms with Crippen molar-refractivity contribution < 1.29 is 4.79 Å². The Bertz CT molecular complexity index is 1410. The van der Waals surface area contributed by atoms with Gasteiger partial charge in [0.05, 0.1) is 10.5 Å². The first-order chi connectivity index (χ1) is 17.4. The summed E-state index contributed by atoms with van der Waals surface area (Å²) < 4.78 is 2.10. The van der Waals surface area contributed by atoms with Crippen LogP contribution in [0.1, 0.15) is 31.4 Å². The molecule has 7 nitrogen and oxygen atoms in total. The maximum absolute atomic E-state index is 13.8. The lowest BCUT2D eigenvalue weighted by Crippen LogP contribution is -2.47. The van der Waals surface area contributed by atoms with Crippen molar-refractivity contribution >= 4 is 57.4 Å². The van der Waals surface area contributed by atoms with Gasteiger partial charge in [-0.15, -0.1) is 0 Å². The molecule has 2 saturated heterocycles. The lowest BCUT2D eigenvalue weighted by molar-refractivity contribution is -0.123. The Labute approximate surface area is 220 Å². The molecule has 2 aromatic heterocycles. The van der Waals surface area contributed by atoms with Crippen LogP contribution in [0.15, 0.2) is 58.4 Å². The van der Waals surface area contributed by atoms with Crippen LogP contribution in [-0.2, 0) is 4.79 Å². The Kier molecular flexibility index (Phi) is 6.85. The average Bonchev–Trinajstić information content (AvgIpc) is 3.18. The normalized spacial score (nSPS) is 18.5. The van der Waals surface area contributed by atoms with Crippen molar-refractivity contribution in [1.82, 2.24) is 14.3 Å². The van der Waals surface area contributed by atoms with Gasteiger partial charge >= 0.3 is 0 Å². The van der Waals surface area contributed by atoms with Crippen LogP contribution < -0.4 is 15.4 Å². The summed E-state index contributed by atoms with van der Waals surface area (Å²) in [6, 6.07) is 14.1. The predicted octanol–water partition coefficient (Wildman–Crippen LogP) is 4.33. The number of aryl methyl sites for hydroxylation is 1. The van der Waals surface area contributed by atoms with Crippen LogP contribution in [0.25, 0.3) is 11.7 Å². The molecule has 186 valence electrons. The van der Waals surface area contributed by atoms with Crippen LogP contribution in [0.3, 0.4) is 0 Å². The summed E-state index contributed by atoms with van der Waals surface area (Å²) in [5, 5.41) is 0. The molecule has 0 N–H and O–H groups in total. The first kappa shape index (κ1) is 24.5. The number of carbonyl (C=O) groups excluding carboxylic acids is 1. The Hall–Kier alpha value is -3.17. The third-order valence-electron chi connectivity index (χ3n) is 6.90. The van der Waals surface area contributed by atoms with Gasteiger partial charge in [0.25, 0.3) is 11.5 Å². The maximum atomic E-state index is 13.8. The van der Waals surface area contributed by atoms with Crippen molar-refractivity contribution in [2.24, 2.45) is 0 Å². The van der Waals surface area contributed by atoms with E-state index < -0.39 is 0 Å². The van der Waals surface area contributed by atoms with Gasteiger partial charge in [-0.2, -0.15) is 0 Å². The minimum absolute atomic E-state index is 0.00686. The number of anilines is 2. The quantitative estimate of drug-likeness (QED) is 0.367. The van der Waals surface area contributed by atoms with Crippen LogP contribution in [0, 0.1) is 6.92 Å². The van der Waals surface area contributed by atoms with Crippen LogP contribution in [0.5, 0.6) is 0 Å². The topological polar surface area (TPSA) is 61.2 Å². The summed E-state index contributed by atoms with van der Waals surface area (Å²) in [7, 11) is 0. The van der Waals surface area contributed by atoms with Gasteiger partial charge < -0.3 is 9.80 Å². The molecule has 0 radical (unpaired) electrons. The molecule has 2 aliphatic heterocycles. The molecule has 1 amide bonds. The van der Waals surface area contributed by atoms with Gasteiger partial charge in [0.15, 0.2) is 0 Å². The fourth-order valence-corrected chi connectivity index (χ4v) is 6.10. The van der Waals surface area contributed by atoms with E-state index in [1.165, 1.54) is 17.4 Å². The molecule has 2 fully saturated rings. The molecule has 1 aromatic carbocycles. The number of benzene rings is 1. The monoisotopic (exact) mass is 519 g/mol. The molecule has 36 heavy (non-hydrogen) atoms. The summed E-state index contributed by atoms with van der Waals surface area (Å²) in [4.78, 5) is 38.6. The lowest BCUT2D eigenvalue weighted by atomic mass is 10.2. The van der Waals surface area contributed by atoms with Crippen molar-refractivity contribution in [2.75, 3.05) is 36.0 Å². The summed E-state index contributed by atoms with van der Waals surface area (Å²) in [6.45, 7) is 9.04. The smallest absolute Gasteiger partial charge is 0.267 e. The van der Waals surface area contributed by atoms with Crippen LogP contribution in [-0.4, -0.2) is 56.7 Å². The number of rotatable bonds is 5. The molecule has 5 rings (SSSR count). The number of aromatic nitrogens is 2. The van der Waals surface area contributed by atoms with Crippen LogP contribution >= 0.6 is 24.0 Å². The number of hydrogen-bond donors (Lipinski definition) is 0. The highest BCUT2D eigenvalue weighted by molar-refractivity contribution is 8.26. The van der Waals surface area contributed by atoms with Gasteiger partial charge in [-0.1, -0.05) is 55.2 Å². The fraction of sp³-hybridized carbons (Fsp3) is 0.333. The van der Waals surface area contributed by atoms with E-state index in [0.717, 1.165) is 38.2 Å². The zero-order valence-electron chi connectivity index (χ0n) is 20.7. The Morgan fingerprint density at radius 2 is 1.75 bits per heavy atom. The van der Waals surface area contributed by atoms with Crippen molar-refractivity contribution in [1.29, 1.82) is 0 Å². The van der Waals surface area contributed by atoms with E-state index >= 15 is 0 Å². The Morgan fingerprint density at radius 3 is 2.44 bits per heavy atom. The molecular formula is C27H29N5O2S2. The number of piperazine rings is 1. The van der Waals surface area contributed by atoms with Gasteiger partial charge in [0.2, 0.25) is 0 Å². The third kappa shape index (κ3) is 4.41. The molecule has 0 bridgehead atoms. The highest BCUT2D eigenvalue weighted by Gasteiger charge is 2.35. The molecule has 1 atom stereocenters. The SMILES string of the molecule is CC[C@@H](C)N1C(=O)/C(=C/c2c(N3CCN(c4ccccc4)CC3)nc3c(C)cccn3c2=O)SC1=S. The van der Waals surface area contributed by atoms with Gasteiger partial charge in [0, 0.05) is 44.1 Å². The molecule has 0 unspecified atom stereocenters. The standard InChI is InChI=1S/C27H29N5O2S2/c1-4-19(3)32-26(34)22(36-27(32)35)17-21-24(28-23-18(2)9-8-12-31(23)25(21)33)30-15-13-29(14-16-30)20-10-6-5-7-11-20/h5-12,17,19H,4,13-16H2,1-3H3/b22-17-/t19-/m1/s1. The first-order valence-electron chi connectivity index (χ1n) is 12.2. The number of para-hydroxylation sites is 1. The molecule has 0 aliphatic carbocycles. The Balaban J connectivity index is 1.56. The minimum atomic E-state index is -0.182. The highest BCUT2D eigenvalue weighted by atomic mass is 32.2. The highest BCUT2D eigenvalue weighted by Crippen LogP contribution is 2.35. The van der Waals surface area contributed by atoms with Gasteiger partial charge in [-0.25, -0.2) is 4.98 Å². The average molecular weight is 520 g/mol. The van der Waals surface area contributed by atoms with E-state index in [9.17, 15) is 9.59 Å². The largest absolute Gasteiger partial charge is 0.368 e. The number of fused-ring (bicyclic) bond motifs is 1. The fourth-order valence-electron chi connectivity index (χ4n) is 4.66. The van der Waals surface area contributed by atoms with Crippen LogP contribution in [0.4, 0.5) is 11.5 Å². The zero-order chi connectivity index (χ0) is 25.4. The second-order valence-corrected chi connectivity index (χ2v) is 10.8. The van der Waals surface area contributed by atoms with Gasteiger partial charge in [-0.05, 0) is 50.1 Å². The zero-order valence-corrected chi connectivity index (χ0v) is 22.3. The molecule has 2 aliphatic rings. The molecule has 4 heterocycles. The van der Waals surface area contributed by atoms with E-state index in [1.807, 2.05) is 51.1 Å². The number of thiocarbonyl (C=S) groups is 1. The van der Waals surface area contributed by atoms with Crippen molar-refractivity contribution in [3.63, 3.8) is 0 Å². The molecule has 9 heteroatoms. The number of pyridine rings is 1. The van der Waals surface area contributed by atoms with E-state index in [-0.39, 0.29) is 17.5 Å². The minimum Gasteiger partial charge on any atom is -0.368 e. The molecule has 0 saturated carbocycles. The first-order valence-corrected chi connectivity index (χ1v) is 13.5. The van der Waals surface area contributed by atoms with E-state index in [1.54, 1.807) is 21.6 Å². The Morgan fingerprint density at radius 1 is 1.06 bits per heavy atom. The second kappa shape index (κ2) is 10.1. The maximum Gasteiger partial charge on any atom is 0.267 e. The van der Waals surface area contributed by atoms with Gasteiger partial charge in [0.1, 0.15) is 15.8 Å². The molecule has 0 spiro atoms. The second-order valence-electron chi connectivity index (χ2n) is 9.16. The predicted molar refractivity (Wildman–Crippen MR) is 152 cm³/mol. The van der Waals surface area contributed by atoms with Crippen LogP contribution in [0.2, 0.25) is 0 Å². The van der Waals surface area contributed by atoms with Gasteiger partial charge in [-0.3, -0.25) is 18.9 Å². The third-order valence-corrected chi connectivity index (χ3v) is 8.23. The molecule has 3 aromatic rings. The summed E-state index contributed by atoms with van der Waals surface area (Å²) in [5.74, 6) is 0.476. The number of hydrogen-bond acceptors (Lipinski definition) is 7. The number of thioether (sulfide) groups is 1. The number of carbonyl (C=O) groups is 1. The summed E-state index contributed by atoms with van der Waals surface area (Å²) in [6.07, 6.45) is 4.23.